The summed E-state index contributed by atoms with van der Waals surface area (Å²) < 4.78 is 31.4. The average Bonchev–Trinajstić information content (AvgIpc) is 2.96. The number of hydrogen-bond donors (Lipinski definition) is 1. The Morgan fingerprint density at radius 2 is 1.84 bits per heavy atom. The molecule has 2 rings (SSSR count). The second-order valence-electron chi connectivity index (χ2n) is 8.26. The number of ether oxygens (including phenoxy) is 1. The van der Waals surface area contributed by atoms with Crippen LogP contribution in [0.15, 0.2) is 29.2 Å². The van der Waals surface area contributed by atoms with Crippen LogP contribution in [0.4, 0.5) is 4.79 Å². The van der Waals surface area contributed by atoms with Crippen molar-refractivity contribution in [3.63, 3.8) is 0 Å². The topological polar surface area (TPSA) is 99.3 Å². The molecule has 1 heterocycles. The average molecular weight is 455 g/mol. The highest BCUT2D eigenvalue weighted by atomic mass is 32.2. The molecule has 9 nitrogen and oxygen atoms in total. The molecule has 1 fully saturated rings. The van der Waals surface area contributed by atoms with Gasteiger partial charge in [-0.1, -0.05) is 32.0 Å². The van der Waals surface area contributed by atoms with Crippen LogP contribution in [0.2, 0.25) is 0 Å². The van der Waals surface area contributed by atoms with Crippen molar-refractivity contribution in [3.8, 4) is 0 Å². The van der Waals surface area contributed by atoms with Gasteiger partial charge in [0, 0.05) is 46.8 Å². The van der Waals surface area contributed by atoms with E-state index in [1.54, 1.807) is 29.2 Å². The summed E-state index contributed by atoms with van der Waals surface area (Å²) in [6, 6.07) is 6.65. The van der Waals surface area contributed by atoms with E-state index in [0.29, 0.717) is 38.3 Å². The number of nitrogens with zero attached hydrogens (tertiary/aromatic N) is 3. The highest BCUT2D eigenvalue weighted by Crippen LogP contribution is 2.18. The van der Waals surface area contributed by atoms with Crippen molar-refractivity contribution in [2.45, 2.75) is 31.7 Å². The molecule has 0 atom stereocenters. The van der Waals surface area contributed by atoms with Gasteiger partial charge >= 0.3 is 6.09 Å². The van der Waals surface area contributed by atoms with Gasteiger partial charge in [0.2, 0.25) is 15.9 Å². The predicted molar refractivity (Wildman–Crippen MR) is 118 cm³/mol. The largest absolute Gasteiger partial charge is 0.449 e. The number of nitrogens with one attached hydrogen (secondary N) is 1. The molecule has 174 valence electrons. The minimum atomic E-state index is -3.59. The van der Waals surface area contributed by atoms with Crippen LogP contribution in [0.5, 0.6) is 0 Å². The van der Waals surface area contributed by atoms with Crippen LogP contribution in [-0.4, -0.2) is 87.9 Å². The van der Waals surface area contributed by atoms with Crippen molar-refractivity contribution in [2.75, 3.05) is 53.4 Å². The highest BCUT2D eigenvalue weighted by molar-refractivity contribution is 7.89. The van der Waals surface area contributed by atoms with E-state index in [0.717, 1.165) is 10.7 Å². The zero-order chi connectivity index (χ0) is 23.0. The predicted octanol–water partition coefficient (Wildman–Crippen LogP) is 1.35. The minimum absolute atomic E-state index is 0.129. The van der Waals surface area contributed by atoms with Crippen molar-refractivity contribution in [1.29, 1.82) is 0 Å². The summed E-state index contributed by atoms with van der Waals surface area (Å²) in [7, 11) is -0.634. The number of amides is 2. The number of carbonyl (C=O) groups is 2. The zero-order valence-electron chi connectivity index (χ0n) is 18.8. The van der Waals surface area contributed by atoms with Gasteiger partial charge in [0.15, 0.2) is 0 Å². The summed E-state index contributed by atoms with van der Waals surface area (Å²) >= 11 is 0. The lowest BCUT2D eigenvalue weighted by Crippen LogP contribution is -2.40. The second kappa shape index (κ2) is 11.4. The molecule has 0 aliphatic carbocycles. The van der Waals surface area contributed by atoms with E-state index in [1.165, 1.54) is 14.1 Å². The van der Waals surface area contributed by atoms with Crippen LogP contribution in [0.1, 0.15) is 25.8 Å². The van der Waals surface area contributed by atoms with Gasteiger partial charge < -0.3 is 15.0 Å². The van der Waals surface area contributed by atoms with E-state index >= 15 is 0 Å². The summed E-state index contributed by atoms with van der Waals surface area (Å²) in [5.41, 5.74) is 0.541. The Morgan fingerprint density at radius 3 is 2.52 bits per heavy atom. The van der Waals surface area contributed by atoms with Crippen LogP contribution in [0.25, 0.3) is 0 Å². The molecule has 10 heteroatoms. The van der Waals surface area contributed by atoms with E-state index in [9.17, 15) is 18.0 Å². The lowest BCUT2D eigenvalue weighted by molar-refractivity contribution is -0.122. The molecule has 0 unspecified atom stereocenters. The van der Waals surface area contributed by atoms with Crippen molar-refractivity contribution in [2.24, 2.45) is 5.92 Å². The molecule has 0 aromatic heterocycles. The molecular formula is C21H34N4O5S. The Labute approximate surface area is 185 Å². The van der Waals surface area contributed by atoms with Gasteiger partial charge in [-0.2, -0.15) is 0 Å². The normalized spacial score (nSPS) is 15.7. The van der Waals surface area contributed by atoms with Crippen molar-refractivity contribution < 1.29 is 22.7 Å². The fraction of sp³-hybridized carbons (Fsp3) is 0.619. The monoisotopic (exact) mass is 454 g/mol. The van der Waals surface area contributed by atoms with Crippen LogP contribution >= 0.6 is 0 Å². The number of rotatable bonds is 8. The summed E-state index contributed by atoms with van der Waals surface area (Å²) in [6.45, 7) is 7.09. The van der Waals surface area contributed by atoms with E-state index in [-0.39, 0.29) is 35.9 Å². The van der Waals surface area contributed by atoms with E-state index < -0.39 is 10.0 Å². The Hall–Kier alpha value is -2.17. The first kappa shape index (κ1) is 25.1. The number of hydrogen-bond acceptors (Lipinski definition) is 6. The molecule has 0 radical (unpaired) electrons. The first-order valence-corrected chi connectivity index (χ1v) is 12.0. The summed E-state index contributed by atoms with van der Waals surface area (Å²) in [5, 5.41) is 2.82. The molecule has 1 aliphatic rings. The molecular weight excluding hydrogens is 420 g/mol. The molecule has 31 heavy (non-hydrogen) atoms. The van der Waals surface area contributed by atoms with Gasteiger partial charge in [-0.25, -0.2) is 17.5 Å². The minimum Gasteiger partial charge on any atom is -0.449 e. The van der Waals surface area contributed by atoms with Gasteiger partial charge in [0.25, 0.3) is 0 Å². The fourth-order valence-electron chi connectivity index (χ4n) is 3.19. The third-order valence-corrected chi connectivity index (χ3v) is 6.88. The number of carbonyl (C=O) groups excluding carboxylic acids is 2. The van der Waals surface area contributed by atoms with Gasteiger partial charge in [-0.3, -0.25) is 9.69 Å². The third-order valence-electron chi connectivity index (χ3n) is 4.96. The molecule has 0 spiro atoms. The molecule has 2 amide bonds. The molecule has 0 bridgehead atoms. The quantitative estimate of drug-likeness (QED) is 0.637. The molecule has 1 saturated heterocycles. The lowest BCUT2D eigenvalue weighted by atomic mass is 10.2. The van der Waals surface area contributed by atoms with Gasteiger partial charge in [-0.05, 0) is 24.0 Å². The van der Waals surface area contributed by atoms with Gasteiger partial charge in [0.05, 0.1) is 18.0 Å². The maximum absolute atomic E-state index is 12.5. The summed E-state index contributed by atoms with van der Waals surface area (Å²) in [5.74, 6) is 0.0989. The molecule has 1 N–H and O–H groups in total. The van der Waals surface area contributed by atoms with Crippen LogP contribution in [-0.2, 0) is 26.1 Å². The first-order chi connectivity index (χ1) is 14.6. The van der Waals surface area contributed by atoms with Crippen molar-refractivity contribution in [1.82, 2.24) is 19.4 Å². The Bertz CT molecular complexity index is 857. The second-order valence-corrected chi connectivity index (χ2v) is 10.4. The lowest BCUT2D eigenvalue weighted by Gasteiger charge is -2.22. The third kappa shape index (κ3) is 7.48. The maximum Gasteiger partial charge on any atom is 0.409 e. The summed E-state index contributed by atoms with van der Waals surface area (Å²) in [4.78, 5) is 28.5. The fourth-order valence-corrected chi connectivity index (χ4v) is 4.31. The van der Waals surface area contributed by atoms with Crippen molar-refractivity contribution in [3.05, 3.63) is 29.8 Å². The highest BCUT2D eigenvalue weighted by Gasteiger charge is 2.23. The van der Waals surface area contributed by atoms with E-state index in [2.05, 4.69) is 5.32 Å². The van der Waals surface area contributed by atoms with Crippen LogP contribution in [0.3, 0.4) is 0 Å². The van der Waals surface area contributed by atoms with Gasteiger partial charge in [-0.15, -0.1) is 0 Å². The van der Waals surface area contributed by atoms with E-state index in [1.807, 2.05) is 18.7 Å². The molecule has 1 aromatic rings. The smallest absolute Gasteiger partial charge is 0.409 e. The Kier molecular flexibility index (Phi) is 9.27. The summed E-state index contributed by atoms with van der Waals surface area (Å²) in [6.07, 6.45) is 0.451. The Balaban J connectivity index is 1.87. The van der Waals surface area contributed by atoms with Crippen molar-refractivity contribution >= 4 is 22.0 Å². The molecule has 0 saturated carbocycles. The standard InChI is InChI=1S/C21H34N4O5S/c1-17(2)16-30-21(27)25-11-7-10-24(12-13-25)15-20(26)22-14-18-8-5-6-9-19(18)31(28,29)23(3)4/h5-6,8-9,17H,7,10-16H2,1-4H3,(H,22,26). The van der Waals surface area contributed by atoms with Crippen LogP contribution in [0, 0.1) is 5.92 Å². The first-order valence-electron chi connectivity index (χ1n) is 10.5. The van der Waals surface area contributed by atoms with Gasteiger partial charge in [0.1, 0.15) is 0 Å². The van der Waals surface area contributed by atoms with E-state index in [4.69, 9.17) is 4.74 Å². The molecule has 1 aliphatic heterocycles. The molecule has 1 aromatic carbocycles. The Morgan fingerprint density at radius 1 is 1.13 bits per heavy atom. The zero-order valence-corrected chi connectivity index (χ0v) is 19.7. The number of sulfonamides is 1. The SMILES string of the molecule is CC(C)COC(=O)N1CCCN(CC(=O)NCc2ccccc2S(=O)(=O)N(C)C)CC1. The maximum atomic E-state index is 12.5. The van der Waals surface area contributed by atoms with Crippen LogP contribution < -0.4 is 5.32 Å². The number of benzene rings is 1.